The SMILES string of the molecule is CO[C@@H]1[C@H](O)[C@@H](C)OC(O)[C@H]1OC. The molecule has 0 spiro atoms. The van der Waals surface area contributed by atoms with E-state index in [1.54, 1.807) is 6.92 Å². The Bertz CT molecular complexity index is 163. The van der Waals surface area contributed by atoms with Crippen molar-refractivity contribution in [3.63, 3.8) is 0 Å². The molecule has 0 saturated carbocycles. The molecule has 1 aliphatic heterocycles. The third-order valence-electron chi connectivity index (χ3n) is 2.32. The molecule has 1 heterocycles. The van der Waals surface area contributed by atoms with Crippen LogP contribution < -0.4 is 0 Å². The minimum absolute atomic E-state index is 0.452. The molecule has 0 amide bonds. The molecule has 0 aromatic rings. The van der Waals surface area contributed by atoms with Gasteiger partial charge in [-0.05, 0) is 6.92 Å². The summed E-state index contributed by atoms with van der Waals surface area (Å²) in [5, 5.41) is 19.0. The number of aliphatic hydroxyl groups excluding tert-OH is 2. The number of ether oxygens (including phenoxy) is 3. The highest BCUT2D eigenvalue weighted by Gasteiger charge is 2.43. The van der Waals surface area contributed by atoms with Gasteiger partial charge in [-0.25, -0.2) is 0 Å². The van der Waals surface area contributed by atoms with E-state index in [2.05, 4.69) is 0 Å². The van der Waals surface area contributed by atoms with Gasteiger partial charge in [0.15, 0.2) is 6.29 Å². The van der Waals surface area contributed by atoms with E-state index in [-0.39, 0.29) is 0 Å². The minimum Gasteiger partial charge on any atom is -0.388 e. The van der Waals surface area contributed by atoms with Crippen LogP contribution in [-0.4, -0.2) is 55.1 Å². The molecule has 1 saturated heterocycles. The number of methoxy groups -OCH3 is 2. The Balaban J connectivity index is 2.71. The zero-order valence-corrected chi connectivity index (χ0v) is 8.01. The van der Waals surface area contributed by atoms with Gasteiger partial charge in [-0.2, -0.15) is 0 Å². The summed E-state index contributed by atoms with van der Waals surface area (Å²) >= 11 is 0. The summed E-state index contributed by atoms with van der Waals surface area (Å²) in [5.74, 6) is 0. The van der Waals surface area contributed by atoms with Crippen molar-refractivity contribution in [3.05, 3.63) is 0 Å². The molecule has 1 fully saturated rings. The Morgan fingerprint density at radius 2 is 1.62 bits per heavy atom. The van der Waals surface area contributed by atoms with Gasteiger partial charge < -0.3 is 24.4 Å². The van der Waals surface area contributed by atoms with E-state index < -0.39 is 30.7 Å². The van der Waals surface area contributed by atoms with Crippen molar-refractivity contribution < 1.29 is 24.4 Å². The van der Waals surface area contributed by atoms with E-state index in [0.717, 1.165) is 0 Å². The monoisotopic (exact) mass is 192 g/mol. The molecule has 1 unspecified atom stereocenters. The van der Waals surface area contributed by atoms with Crippen molar-refractivity contribution in [2.45, 2.75) is 37.6 Å². The molecule has 78 valence electrons. The molecular formula is C8H16O5. The van der Waals surface area contributed by atoms with Crippen molar-refractivity contribution in [3.8, 4) is 0 Å². The van der Waals surface area contributed by atoms with Gasteiger partial charge in [0, 0.05) is 14.2 Å². The van der Waals surface area contributed by atoms with Gasteiger partial charge >= 0.3 is 0 Å². The molecule has 5 atom stereocenters. The maximum atomic E-state index is 9.62. The van der Waals surface area contributed by atoms with Gasteiger partial charge in [0.25, 0.3) is 0 Å². The minimum atomic E-state index is -1.05. The molecular weight excluding hydrogens is 176 g/mol. The summed E-state index contributed by atoms with van der Waals surface area (Å²) in [7, 11) is 2.90. The van der Waals surface area contributed by atoms with Gasteiger partial charge in [-0.15, -0.1) is 0 Å². The largest absolute Gasteiger partial charge is 0.388 e. The highest BCUT2D eigenvalue weighted by molar-refractivity contribution is 4.88. The average molecular weight is 192 g/mol. The van der Waals surface area contributed by atoms with Gasteiger partial charge in [0.05, 0.1) is 6.10 Å². The predicted molar refractivity (Wildman–Crippen MR) is 44.2 cm³/mol. The third kappa shape index (κ3) is 2.00. The first kappa shape index (κ1) is 10.9. The van der Waals surface area contributed by atoms with Crippen LogP contribution in [0.15, 0.2) is 0 Å². The summed E-state index contributed by atoms with van der Waals surface area (Å²) < 4.78 is 15.0. The molecule has 1 aliphatic rings. The Hall–Kier alpha value is -0.200. The lowest BCUT2D eigenvalue weighted by Gasteiger charge is -2.40. The third-order valence-corrected chi connectivity index (χ3v) is 2.32. The fourth-order valence-corrected chi connectivity index (χ4v) is 1.53. The maximum Gasteiger partial charge on any atom is 0.184 e. The average Bonchev–Trinajstić information content (AvgIpc) is 2.10. The van der Waals surface area contributed by atoms with Crippen LogP contribution in [0.1, 0.15) is 6.92 Å². The van der Waals surface area contributed by atoms with Crippen LogP contribution in [0.3, 0.4) is 0 Å². The molecule has 1 rings (SSSR count). The highest BCUT2D eigenvalue weighted by Crippen LogP contribution is 2.23. The summed E-state index contributed by atoms with van der Waals surface area (Å²) in [6.07, 6.45) is -3.47. The van der Waals surface area contributed by atoms with Gasteiger partial charge in [0.1, 0.15) is 18.3 Å². The first-order valence-corrected chi connectivity index (χ1v) is 4.19. The van der Waals surface area contributed by atoms with Crippen molar-refractivity contribution in [1.82, 2.24) is 0 Å². The second-order valence-corrected chi connectivity index (χ2v) is 3.12. The normalized spacial score (nSPS) is 46.4. The van der Waals surface area contributed by atoms with Crippen molar-refractivity contribution in [1.29, 1.82) is 0 Å². The van der Waals surface area contributed by atoms with Crippen molar-refractivity contribution in [2.24, 2.45) is 0 Å². The first-order valence-electron chi connectivity index (χ1n) is 4.19. The number of rotatable bonds is 2. The summed E-state index contributed by atoms with van der Waals surface area (Å²) in [4.78, 5) is 0. The fourth-order valence-electron chi connectivity index (χ4n) is 1.53. The molecule has 0 bridgehead atoms. The molecule has 0 aromatic heterocycles. The van der Waals surface area contributed by atoms with Gasteiger partial charge in [-0.1, -0.05) is 0 Å². The molecule has 5 heteroatoms. The summed E-state index contributed by atoms with van der Waals surface area (Å²) in [5.41, 5.74) is 0. The van der Waals surface area contributed by atoms with Gasteiger partial charge in [0.2, 0.25) is 0 Å². The predicted octanol–water partition coefficient (Wildman–Crippen LogP) is -0.886. The van der Waals surface area contributed by atoms with E-state index in [1.807, 2.05) is 0 Å². The van der Waals surface area contributed by atoms with Gasteiger partial charge in [-0.3, -0.25) is 0 Å². The maximum absolute atomic E-state index is 9.62. The topological polar surface area (TPSA) is 68.2 Å². The lowest BCUT2D eigenvalue weighted by molar-refractivity contribution is -0.287. The summed E-state index contributed by atoms with van der Waals surface area (Å²) in [6, 6.07) is 0. The van der Waals surface area contributed by atoms with Crippen LogP contribution in [0.25, 0.3) is 0 Å². The van der Waals surface area contributed by atoms with E-state index >= 15 is 0 Å². The molecule has 0 radical (unpaired) electrons. The number of hydrogen-bond acceptors (Lipinski definition) is 5. The smallest absolute Gasteiger partial charge is 0.184 e. The quantitative estimate of drug-likeness (QED) is 0.594. The lowest BCUT2D eigenvalue weighted by atomic mass is 10.00. The molecule has 0 aliphatic carbocycles. The first-order chi connectivity index (χ1) is 6.11. The van der Waals surface area contributed by atoms with E-state index in [9.17, 15) is 10.2 Å². The Morgan fingerprint density at radius 3 is 2.08 bits per heavy atom. The Kier molecular flexibility index (Phi) is 3.63. The summed E-state index contributed by atoms with van der Waals surface area (Å²) in [6.45, 7) is 1.67. The van der Waals surface area contributed by atoms with Crippen LogP contribution >= 0.6 is 0 Å². The number of aliphatic hydroxyl groups is 2. The standard InChI is InChI=1S/C8H16O5/c1-4-5(9)6(11-2)7(12-3)8(10)13-4/h4-10H,1-3H3/t4-,5-,6-,7+,8?/m1/s1. The van der Waals surface area contributed by atoms with Crippen LogP contribution in [0.5, 0.6) is 0 Å². The highest BCUT2D eigenvalue weighted by atomic mass is 16.7. The molecule has 2 N–H and O–H groups in total. The van der Waals surface area contributed by atoms with E-state index in [4.69, 9.17) is 14.2 Å². The molecule has 0 aromatic carbocycles. The van der Waals surface area contributed by atoms with Crippen molar-refractivity contribution in [2.75, 3.05) is 14.2 Å². The second-order valence-electron chi connectivity index (χ2n) is 3.12. The van der Waals surface area contributed by atoms with Crippen molar-refractivity contribution >= 4 is 0 Å². The van der Waals surface area contributed by atoms with E-state index in [0.29, 0.717) is 0 Å². The van der Waals surface area contributed by atoms with Crippen LogP contribution in [0.2, 0.25) is 0 Å². The van der Waals surface area contributed by atoms with E-state index in [1.165, 1.54) is 14.2 Å². The molecule has 13 heavy (non-hydrogen) atoms. The zero-order valence-electron chi connectivity index (χ0n) is 8.01. The van der Waals surface area contributed by atoms with Crippen LogP contribution in [0, 0.1) is 0 Å². The fraction of sp³-hybridized carbons (Fsp3) is 1.00. The molecule has 5 nitrogen and oxygen atoms in total. The Morgan fingerprint density at radius 1 is 1.08 bits per heavy atom. The Labute approximate surface area is 77.2 Å². The number of hydrogen-bond donors (Lipinski definition) is 2. The van der Waals surface area contributed by atoms with Crippen LogP contribution in [-0.2, 0) is 14.2 Å². The lowest BCUT2D eigenvalue weighted by Crippen LogP contribution is -2.57. The zero-order chi connectivity index (χ0) is 10.0. The second kappa shape index (κ2) is 4.34. The van der Waals surface area contributed by atoms with Crippen LogP contribution in [0.4, 0.5) is 0 Å².